The van der Waals surface area contributed by atoms with Crippen LogP contribution < -0.4 is 9.47 Å². The highest BCUT2D eigenvalue weighted by Crippen LogP contribution is 2.44. The summed E-state index contributed by atoms with van der Waals surface area (Å²) in [5.74, 6) is 1.31. The van der Waals surface area contributed by atoms with Gasteiger partial charge in [0.15, 0.2) is 11.5 Å². The molecule has 1 aromatic heterocycles. The van der Waals surface area contributed by atoms with E-state index in [9.17, 15) is 9.59 Å². The van der Waals surface area contributed by atoms with Gasteiger partial charge >= 0.3 is 0 Å². The van der Waals surface area contributed by atoms with Crippen molar-refractivity contribution in [3.8, 4) is 11.5 Å². The van der Waals surface area contributed by atoms with Crippen molar-refractivity contribution in [1.82, 2.24) is 19.7 Å². The number of carbonyl (C=O) groups is 2. The molecule has 0 saturated carbocycles. The Kier molecular flexibility index (Phi) is 7.31. The quantitative estimate of drug-likeness (QED) is 0.337. The number of amides is 2. The molecule has 3 aliphatic heterocycles. The van der Waals surface area contributed by atoms with Crippen molar-refractivity contribution in [3.05, 3.63) is 95.2 Å². The summed E-state index contributed by atoms with van der Waals surface area (Å²) < 4.78 is 11.5. The van der Waals surface area contributed by atoms with E-state index in [-0.39, 0.29) is 24.4 Å². The second-order valence-electron chi connectivity index (χ2n) is 11.8. The lowest BCUT2D eigenvalue weighted by molar-refractivity contribution is -0.161. The zero-order valence-corrected chi connectivity index (χ0v) is 24.8. The van der Waals surface area contributed by atoms with Crippen molar-refractivity contribution >= 4 is 22.7 Å². The van der Waals surface area contributed by atoms with Gasteiger partial charge < -0.3 is 24.3 Å². The van der Waals surface area contributed by atoms with Crippen molar-refractivity contribution in [2.45, 2.75) is 50.9 Å². The third-order valence-corrected chi connectivity index (χ3v) is 9.34. The molecule has 4 aromatic rings. The smallest absolute Gasteiger partial charge is 0.246 e. The van der Waals surface area contributed by atoms with Gasteiger partial charge in [-0.2, -0.15) is 0 Å². The van der Waals surface area contributed by atoms with Gasteiger partial charge in [-0.15, -0.1) is 0 Å². The van der Waals surface area contributed by atoms with Crippen LogP contribution in [0.3, 0.4) is 0 Å². The van der Waals surface area contributed by atoms with Crippen LogP contribution in [0, 0.1) is 0 Å². The van der Waals surface area contributed by atoms with Gasteiger partial charge in [0.1, 0.15) is 12.6 Å². The van der Waals surface area contributed by atoms with E-state index < -0.39 is 12.1 Å². The van der Waals surface area contributed by atoms with Crippen molar-refractivity contribution in [1.29, 1.82) is 0 Å². The number of piperidine rings is 1. The van der Waals surface area contributed by atoms with Crippen LogP contribution in [0.2, 0.25) is 0 Å². The second kappa shape index (κ2) is 11.4. The van der Waals surface area contributed by atoms with Gasteiger partial charge in [0, 0.05) is 48.7 Å². The number of fused-ring (bicyclic) bond motifs is 4. The highest BCUT2D eigenvalue weighted by atomic mass is 16.5. The first kappa shape index (κ1) is 27.5. The van der Waals surface area contributed by atoms with Gasteiger partial charge in [0.25, 0.3) is 0 Å². The number of rotatable bonds is 7. The molecular weight excluding hydrogens is 540 g/mol. The predicted octanol–water partition coefficient (Wildman–Crippen LogP) is 4.92. The fourth-order valence-electron chi connectivity index (χ4n) is 7.30. The van der Waals surface area contributed by atoms with Crippen LogP contribution in [-0.2, 0) is 22.6 Å². The molecule has 2 atom stereocenters. The Morgan fingerprint density at radius 2 is 1.70 bits per heavy atom. The molecule has 2 saturated heterocycles. The van der Waals surface area contributed by atoms with E-state index in [1.54, 1.807) is 7.11 Å². The predicted molar refractivity (Wildman–Crippen MR) is 165 cm³/mol. The Morgan fingerprint density at radius 1 is 0.930 bits per heavy atom. The maximum atomic E-state index is 14.3. The molecule has 3 aromatic carbocycles. The summed E-state index contributed by atoms with van der Waals surface area (Å²) in [5.41, 5.74) is 5.27. The van der Waals surface area contributed by atoms with Crippen LogP contribution in [-0.4, -0.2) is 76.9 Å². The monoisotopic (exact) mass is 578 g/mol. The van der Waals surface area contributed by atoms with E-state index in [4.69, 9.17) is 9.47 Å². The summed E-state index contributed by atoms with van der Waals surface area (Å²) in [5, 5.41) is 1.10. The molecule has 43 heavy (non-hydrogen) atoms. The summed E-state index contributed by atoms with van der Waals surface area (Å²) >= 11 is 0. The number of para-hydroxylation sites is 1. The summed E-state index contributed by atoms with van der Waals surface area (Å²) in [6.45, 7) is 5.30. The lowest BCUT2D eigenvalue weighted by Crippen LogP contribution is -2.65. The topological polar surface area (TPSA) is 78.1 Å². The van der Waals surface area contributed by atoms with E-state index in [1.807, 2.05) is 53.1 Å². The Labute approximate surface area is 252 Å². The number of piperazine rings is 1. The molecule has 4 heterocycles. The van der Waals surface area contributed by atoms with Crippen LogP contribution in [0.1, 0.15) is 48.2 Å². The molecule has 7 rings (SSSR count). The van der Waals surface area contributed by atoms with Gasteiger partial charge in [-0.3, -0.25) is 14.5 Å². The molecule has 2 amide bonds. The molecular formula is C35H38N4O4. The number of methoxy groups -OCH3 is 1. The maximum absolute atomic E-state index is 14.3. The minimum atomic E-state index is -0.558. The van der Waals surface area contributed by atoms with E-state index in [1.165, 1.54) is 5.56 Å². The molecule has 8 heteroatoms. The molecule has 2 fully saturated rings. The number of nitrogens with zero attached hydrogens (tertiary/aromatic N) is 3. The average molecular weight is 579 g/mol. The van der Waals surface area contributed by atoms with Crippen molar-refractivity contribution in [2.75, 3.05) is 33.4 Å². The minimum Gasteiger partial charge on any atom is -0.493 e. The Morgan fingerprint density at radius 3 is 2.47 bits per heavy atom. The van der Waals surface area contributed by atoms with Crippen molar-refractivity contribution < 1.29 is 19.1 Å². The normalized spacial score (nSPS) is 21.2. The highest BCUT2D eigenvalue weighted by Gasteiger charge is 2.49. The van der Waals surface area contributed by atoms with E-state index in [0.717, 1.165) is 60.2 Å². The van der Waals surface area contributed by atoms with Crippen LogP contribution >= 0.6 is 0 Å². The largest absolute Gasteiger partial charge is 0.493 e. The summed E-state index contributed by atoms with van der Waals surface area (Å²) in [4.78, 5) is 38.2. The SMILES string of the molecule is CCOc1ccc([C@H]2c3[nH]c4ccccc4c3C[C@H]3C(=O)N(C4CCN(Cc5ccccc5)CC4)CC(=O)N23)cc1OC. The fourth-order valence-corrected chi connectivity index (χ4v) is 7.30. The first-order valence-electron chi connectivity index (χ1n) is 15.3. The number of hydrogen-bond donors (Lipinski definition) is 1. The third-order valence-electron chi connectivity index (χ3n) is 9.34. The van der Waals surface area contributed by atoms with Crippen LogP contribution in [0.15, 0.2) is 72.8 Å². The summed E-state index contributed by atoms with van der Waals surface area (Å²) in [6, 6.07) is 23.6. The maximum Gasteiger partial charge on any atom is 0.246 e. The van der Waals surface area contributed by atoms with Gasteiger partial charge in [-0.05, 0) is 54.7 Å². The number of aromatic amines is 1. The number of hydrogen-bond acceptors (Lipinski definition) is 5. The van der Waals surface area contributed by atoms with Crippen molar-refractivity contribution in [3.63, 3.8) is 0 Å². The molecule has 0 aliphatic carbocycles. The molecule has 0 spiro atoms. The summed E-state index contributed by atoms with van der Waals surface area (Å²) in [7, 11) is 1.62. The van der Waals surface area contributed by atoms with Crippen LogP contribution in [0.4, 0.5) is 0 Å². The highest BCUT2D eigenvalue weighted by molar-refractivity contribution is 5.98. The molecule has 222 valence electrons. The Bertz CT molecular complexity index is 1640. The van der Waals surface area contributed by atoms with Crippen LogP contribution in [0.25, 0.3) is 10.9 Å². The van der Waals surface area contributed by atoms with Crippen molar-refractivity contribution in [2.24, 2.45) is 0 Å². The molecule has 0 unspecified atom stereocenters. The number of nitrogens with one attached hydrogen (secondary N) is 1. The molecule has 0 bridgehead atoms. The zero-order chi connectivity index (χ0) is 29.5. The Balaban J connectivity index is 1.20. The number of carbonyl (C=O) groups excluding carboxylic acids is 2. The second-order valence-corrected chi connectivity index (χ2v) is 11.8. The number of H-pyrrole nitrogens is 1. The Hall–Kier alpha value is -4.30. The van der Waals surface area contributed by atoms with E-state index in [2.05, 4.69) is 46.3 Å². The molecule has 8 nitrogen and oxygen atoms in total. The number of benzene rings is 3. The van der Waals surface area contributed by atoms with Gasteiger partial charge in [-0.1, -0.05) is 54.6 Å². The van der Waals surface area contributed by atoms with E-state index in [0.29, 0.717) is 24.5 Å². The minimum absolute atomic E-state index is 0.0153. The first-order chi connectivity index (χ1) is 21.1. The fraction of sp³-hybridized carbons (Fsp3) is 0.371. The van der Waals surface area contributed by atoms with Gasteiger partial charge in [0.2, 0.25) is 11.8 Å². The number of ether oxygens (including phenoxy) is 2. The molecule has 3 aliphatic rings. The standard InChI is InChI=1S/C35H38N4O4/c1-3-43-30-14-13-24(19-31(30)42-2)34-33-27(26-11-7-8-12-28(26)36-33)20-29-35(41)38(22-32(40)39(29)34)25-15-17-37(18-16-25)21-23-9-5-4-6-10-23/h4-14,19,25,29,34,36H,3,15-18,20-22H2,1-2H3/t29-,34-/m0/s1. The third kappa shape index (κ3) is 4.93. The number of aromatic nitrogens is 1. The molecule has 0 radical (unpaired) electrons. The number of likely N-dealkylation sites (tertiary alicyclic amines) is 1. The van der Waals surface area contributed by atoms with Gasteiger partial charge in [-0.25, -0.2) is 0 Å². The first-order valence-corrected chi connectivity index (χ1v) is 15.3. The molecule has 1 N–H and O–H groups in total. The van der Waals surface area contributed by atoms with Crippen LogP contribution in [0.5, 0.6) is 11.5 Å². The van der Waals surface area contributed by atoms with E-state index >= 15 is 0 Å². The lowest BCUT2D eigenvalue weighted by atomic mass is 9.85. The van der Waals surface area contributed by atoms with Gasteiger partial charge in [0.05, 0.1) is 19.8 Å². The summed E-state index contributed by atoms with van der Waals surface area (Å²) in [6.07, 6.45) is 2.24. The average Bonchev–Trinajstić information content (AvgIpc) is 3.41. The zero-order valence-electron chi connectivity index (χ0n) is 24.8. The lowest BCUT2D eigenvalue weighted by Gasteiger charge is -2.49.